The molecule has 0 aliphatic carbocycles. The van der Waals surface area contributed by atoms with Gasteiger partial charge in [0.25, 0.3) is 0 Å². The highest BCUT2D eigenvalue weighted by Crippen LogP contribution is 2.30. The van der Waals surface area contributed by atoms with Crippen LogP contribution in [-0.2, 0) is 5.41 Å². The molecule has 0 aliphatic heterocycles. The van der Waals surface area contributed by atoms with Crippen LogP contribution >= 0.6 is 0 Å². The van der Waals surface area contributed by atoms with Crippen LogP contribution in [0.2, 0.25) is 0 Å². The molecule has 1 N–H and O–H groups in total. The quantitative estimate of drug-likeness (QED) is 0.601. The van der Waals surface area contributed by atoms with Crippen LogP contribution in [0.3, 0.4) is 0 Å². The minimum Gasteiger partial charge on any atom is -0.355 e. The van der Waals surface area contributed by atoms with Crippen LogP contribution in [0.5, 0.6) is 0 Å². The second-order valence-electron chi connectivity index (χ2n) is 6.55. The highest BCUT2D eigenvalue weighted by atomic mass is 14.7. The molecule has 2 aromatic carbocycles. The summed E-state index contributed by atoms with van der Waals surface area (Å²) in [6, 6.07) is 17.5. The summed E-state index contributed by atoms with van der Waals surface area (Å²) in [5, 5.41) is 1.29. The second kappa shape index (κ2) is 4.52. The molecular weight excluding hydrogens is 242 g/mol. The molecule has 0 saturated heterocycles. The lowest BCUT2D eigenvalue weighted by molar-refractivity contribution is 0.591. The maximum Gasteiger partial charge on any atom is 0.0467 e. The fourth-order valence-electron chi connectivity index (χ4n) is 2.62. The molecule has 1 nitrogen and oxygen atoms in total. The maximum atomic E-state index is 3.53. The molecule has 0 fully saturated rings. The van der Waals surface area contributed by atoms with Crippen molar-refractivity contribution >= 4 is 10.9 Å². The molecule has 0 radical (unpaired) electrons. The van der Waals surface area contributed by atoms with E-state index in [0.717, 1.165) is 0 Å². The standard InChI is InChI=1S/C19H21N/c1-13-7-5-6-8-16(13)18-12-14-11-15(19(2,3)4)9-10-17(14)20-18/h5-12,20H,1-4H3. The number of hydrogen-bond acceptors (Lipinski definition) is 0. The highest BCUT2D eigenvalue weighted by Gasteiger charge is 2.14. The van der Waals surface area contributed by atoms with Crippen LogP contribution in [0.4, 0.5) is 0 Å². The van der Waals surface area contributed by atoms with Crippen molar-refractivity contribution in [2.75, 3.05) is 0 Å². The predicted octanol–water partition coefficient (Wildman–Crippen LogP) is 5.44. The molecule has 1 heterocycles. The van der Waals surface area contributed by atoms with E-state index >= 15 is 0 Å². The average Bonchev–Trinajstić information content (AvgIpc) is 2.80. The first-order chi connectivity index (χ1) is 9.45. The molecule has 1 heteroatoms. The van der Waals surface area contributed by atoms with Crippen LogP contribution in [0.15, 0.2) is 48.5 Å². The summed E-state index contributed by atoms with van der Waals surface area (Å²) in [6.45, 7) is 8.91. The van der Waals surface area contributed by atoms with Crippen molar-refractivity contribution in [2.24, 2.45) is 0 Å². The summed E-state index contributed by atoms with van der Waals surface area (Å²) in [6.07, 6.45) is 0. The first-order valence-corrected chi connectivity index (χ1v) is 7.14. The van der Waals surface area contributed by atoms with Crippen molar-refractivity contribution in [3.63, 3.8) is 0 Å². The fourth-order valence-corrected chi connectivity index (χ4v) is 2.62. The number of H-pyrrole nitrogens is 1. The van der Waals surface area contributed by atoms with Gasteiger partial charge in [-0.2, -0.15) is 0 Å². The van der Waals surface area contributed by atoms with Gasteiger partial charge in [-0.15, -0.1) is 0 Å². The first-order valence-electron chi connectivity index (χ1n) is 7.14. The summed E-state index contributed by atoms with van der Waals surface area (Å²) < 4.78 is 0. The molecule has 0 aliphatic rings. The van der Waals surface area contributed by atoms with E-state index in [9.17, 15) is 0 Å². The molecule has 0 unspecified atom stereocenters. The first kappa shape index (κ1) is 13.0. The van der Waals surface area contributed by atoms with Crippen molar-refractivity contribution in [2.45, 2.75) is 33.1 Å². The Kier molecular flexibility index (Phi) is 2.93. The van der Waals surface area contributed by atoms with Crippen molar-refractivity contribution < 1.29 is 0 Å². The molecule has 20 heavy (non-hydrogen) atoms. The number of aromatic nitrogens is 1. The van der Waals surface area contributed by atoms with Gasteiger partial charge in [-0.05, 0) is 41.7 Å². The molecule has 0 bridgehead atoms. The lowest BCUT2D eigenvalue weighted by Gasteiger charge is -2.18. The van der Waals surface area contributed by atoms with Gasteiger partial charge in [0.05, 0.1) is 0 Å². The van der Waals surface area contributed by atoms with Gasteiger partial charge in [0.15, 0.2) is 0 Å². The lowest BCUT2D eigenvalue weighted by atomic mass is 9.86. The Bertz CT molecular complexity index is 757. The second-order valence-corrected chi connectivity index (χ2v) is 6.55. The van der Waals surface area contributed by atoms with E-state index in [-0.39, 0.29) is 5.41 Å². The van der Waals surface area contributed by atoms with Gasteiger partial charge in [0, 0.05) is 22.2 Å². The van der Waals surface area contributed by atoms with Gasteiger partial charge in [0.1, 0.15) is 0 Å². The molecule has 3 rings (SSSR count). The Morgan fingerprint density at radius 3 is 2.35 bits per heavy atom. The zero-order chi connectivity index (χ0) is 14.3. The van der Waals surface area contributed by atoms with Crippen molar-refractivity contribution in [1.29, 1.82) is 0 Å². The summed E-state index contributed by atoms with van der Waals surface area (Å²) in [4.78, 5) is 3.53. The molecule has 102 valence electrons. The number of benzene rings is 2. The zero-order valence-electron chi connectivity index (χ0n) is 12.6. The van der Waals surface area contributed by atoms with E-state index < -0.39 is 0 Å². The number of hydrogen-bond donors (Lipinski definition) is 1. The number of aromatic amines is 1. The minimum absolute atomic E-state index is 0.189. The Labute approximate surface area is 120 Å². The van der Waals surface area contributed by atoms with Gasteiger partial charge >= 0.3 is 0 Å². The third kappa shape index (κ3) is 2.24. The SMILES string of the molecule is Cc1ccccc1-c1cc2cc(C(C)(C)C)ccc2[nH]1. The lowest BCUT2D eigenvalue weighted by Crippen LogP contribution is -2.10. The summed E-state index contributed by atoms with van der Waals surface area (Å²) in [5.41, 5.74) is 6.55. The summed E-state index contributed by atoms with van der Waals surface area (Å²) >= 11 is 0. The molecule has 0 atom stereocenters. The normalized spacial score (nSPS) is 12.0. The van der Waals surface area contributed by atoms with E-state index in [2.05, 4.69) is 81.2 Å². The molecular formula is C19H21N. The Hall–Kier alpha value is -2.02. The zero-order valence-corrected chi connectivity index (χ0v) is 12.6. The smallest absolute Gasteiger partial charge is 0.0467 e. The van der Waals surface area contributed by atoms with E-state index in [4.69, 9.17) is 0 Å². The third-order valence-electron chi connectivity index (χ3n) is 3.92. The van der Waals surface area contributed by atoms with Crippen LogP contribution in [-0.4, -0.2) is 4.98 Å². The predicted molar refractivity (Wildman–Crippen MR) is 87.2 cm³/mol. The van der Waals surface area contributed by atoms with E-state index in [1.807, 2.05) is 0 Å². The number of aryl methyl sites for hydroxylation is 1. The highest BCUT2D eigenvalue weighted by molar-refractivity contribution is 5.87. The van der Waals surface area contributed by atoms with Gasteiger partial charge in [-0.1, -0.05) is 51.1 Å². The Morgan fingerprint density at radius 2 is 1.65 bits per heavy atom. The fraction of sp³-hybridized carbons (Fsp3) is 0.263. The minimum atomic E-state index is 0.189. The van der Waals surface area contributed by atoms with E-state index in [1.165, 1.54) is 33.3 Å². The summed E-state index contributed by atoms with van der Waals surface area (Å²) in [7, 11) is 0. The molecule has 0 spiro atoms. The monoisotopic (exact) mass is 263 g/mol. The average molecular weight is 263 g/mol. The van der Waals surface area contributed by atoms with Crippen LogP contribution in [0, 0.1) is 6.92 Å². The van der Waals surface area contributed by atoms with Crippen LogP contribution in [0.1, 0.15) is 31.9 Å². The number of rotatable bonds is 1. The topological polar surface area (TPSA) is 15.8 Å². The molecule has 0 saturated carbocycles. The van der Waals surface area contributed by atoms with Gasteiger partial charge in [0.2, 0.25) is 0 Å². The number of nitrogens with one attached hydrogen (secondary N) is 1. The third-order valence-corrected chi connectivity index (χ3v) is 3.92. The Balaban J connectivity index is 2.14. The Morgan fingerprint density at radius 1 is 0.900 bits per heavy atom. The van der Waals surface area contributed by atoms with Gasteiger partial charge in [-0.25, -0.2) is 0 Å². The molecule has 0 amide bonds. The van der Waals surface area contributed by atoms with E-state index in [0.29, 0.717) is 0 Å². The summed E-state index contributed by atoms with van der Waals surface area (Å²) in [5.74, 6) is 0. The maximum absolute atomic E-state index is 3.53. The van der Waals surface area contributed by atoms with Gasteiger partial charge < -0.3 is 4.98 Å². The molecule has 3 aromatic rings. The number of fused-ring (bicyclic) bond motifs is 1. The van der Waals surface area contributed by atoms with Crippen molar-refractivity contribution in [1.82, 2.24) is 4.98 Å². The largest absolute Gasteiger partial charge is 0.355 e. The van der Waals surface area contributed by atoms with Crippen LogP contribution < -0.4 is 0 Å². The molecule has 1 aromatic heterocycles. The van der Waals surface area contributed by atoms with Crippen LogP contribution in [0.25, 0.3) is 22.2 Å². The van der Waals surface area contributed by atoms with E-state index in [1.54, 1.807) is 0 Å². The van der Waals surface area contributed by atoms with Crippen molar-refractivity contribution in [3.05, 3.63) is 59.7 Å². The van der Waals surface area contributed by atoms with Crippen molar-refractivity contribution in [3.8, 4) is 11.3 Å². The van der Waals surface area contributed by atoms with Gasteiger partial charge in [-0.3, -0.25) is 0 Å².